The van der Waals surface area contributed by atoms with Gasteiger partial charge >= 0.3 is 0 Å². The van der Waals surface area contributed by atoms with Crippen molar-refractivity contribution in [1.29, 1.82) is 0 Å². The molecule has 1 saturated heterocycles. The van der Waals surface area contributed by atoms with E-state index in [1.54, 1.807) is 24.3 Å². The largest absolute Gasteiger partial charge is 0.339 e. The highest BCUT2D eigenvalue weighted by molar-refractivity contribution is 7.21. The number of carbonyl (C=O) groups is 2. The first-order chi connectivity index (χ1) is 13.6. The Morgan fingerprint density at radius 2 is 1.71 bits per heavy atom. The van der Waals surface area contributed by atoms with Crippen LogP contribution in [0, 0.1) is 0 Å². The maximum Gasteiger partial charge on any atom is 0.267 e. The van der Waals surface area contributed by atoms with Crippen molar-refractivity contribution in [3.63, 3.8) is 0 Å². The Labute approximate surface area is 173 Å². The van der Waals surface area contributed by atoms with Crippen LogP contribution in [-0.2, 0) is 0 Å². The van der Waals surface area contributed by atoms with Gasteiger partial charge in [0.2, 0.25) is 0 Å². The summed E-state index contributed by atoms with van der Waals surface area (Å²) in [5.74, 6) is -0.233. The monoisotopic (exact) mass is 412 g/mol. The number of hydrogen-bond donors (Lipinski definition) is 1. The molecule has 1 N–H and O–H groups in total. The summed E-state index contributed by atoms with van der Waals surface area (Å²) in [6.45, 7) is 1.60. The van der Waals surface area contributed by atoms with E-state index in [9.17, 15) is 9.59 Å². The third-order valence-corrected chi connectivity index (χ3v) is 6.68. The predicted molar refractivity (Wildman–Crippen MR) is 116 cm³/mol. The van der Waals surface area contributed by atoms with Crippen molar-refractivity contribution in [2.24, 2.45) is 0 Å². The van der Waals surface area contributed by atoms with Gasteiger partial charge in [-0.05, 0) is 37.1 Å². The number of halogens is 1. The van der Waals surface area contributed by atoms with Gasteiger partial charge in [0.1, 0.15) is 4.88 Å². The number of hydrogen-bond acceptors (Lipinski definition) is 3. The minimum atomic E-state index is -0.259. The molecule has 0 bridgehead atoms. The quantitative estimate of drug-likeness (QED) is 0.588. The highest BCUT2D eigenvalue weighted by atomic mass is 35.5. The van der Waals surface area contributed by atoms with E-state index in [0.717, 1.165) is 36.0 Å². The van der Waals surface area contributed by atoms with E-state index in [1.165, 1.54) is 24.2 Å². The average Bonchev–Trinajstić information content (AvgIpc) is 2.88. The lowest BCUT2D eigenvalue weighted by Gasteiger charge is -2.20. The third kappa shape index (κ3) is 3.91. The van der Waals surface area contributed by atoms with Crippen molar-refractivity contribution in [2.75, 3.05) is 18.4 Å². The van der Waals surface area contributed by atoms with Crippen LogP contribution >= 0.6 is 22.9 Å². The first kappa shape index (κ1) is 19.0. The minimum absolute atomic E-state index is 0.0258. The SMILES string of the molecule is O=C(Nc1cccc(C(=O)N2CCCCCC2)c1)c1sc2ccccc2c1Cl. The number of amides is 2. The molecule has 4 nitrogen and oxygen atoms in total. The van der Waals surface area contributed by atoms with Gasteiger partial charge in [-0.15, -0.1) is 11.3 Å². The Morgan fingerprint density at radius 3 is 2.46 bits per heavy atom. The molecule has 3 aromatic rings. The lowest BCUT2D eigenvalue weighted by atomic mass is 10.1. The van der Waals surface area contributed by atoms with Crippen LogP contribution < -0.4 is 5.32 Å². The smallest absolute Gasteiger partial charge is 0.267 e. The van der Waals surface area contributed by atoms with Crippen molar-refractivity contribution in [1.82, 2.24) is 4.90 Å². The highest BCUT2D eigenvalue weighted by Crippen LogP contribution is 2.35. The van der Waals surface area contributed by atoms with Gasteiger partial charge in [0, 0.05) is 34.4 Å². The molecule has 1 aliphatic rings. The van der Waals surface area contributed by atoms with Crippen molar-refractivity contribution in [2.45, 2.75) is 25.7 Å². The second kappa shape index (κ2) is 8.33. The van der Waals surface area contributed by atoms with Gasteiger partial charge in [-0.3, -0.25) is 9.59 Å². The zero-order valence-corrected chi connectivity index (χ0v) is 17.0. The molecule has 144 valence electrons. The van der Waals surface area contributed by atoms with Gasteiger partial charge in [-0.1, -0.05) is 48.7 Å². The summed E-state index contributed by atoms with van der Waals surface area (Å²) in [6.07, 6.45) is 4.45. The van der Waals surface area contributed by atoms with Crippen LogP contribution in [0.4, 0.5) is 5.69 Å². The lowest BCUT2D eigenvalue weighted by molar-refractivity contribution is 0.0761. The van der Waals surface area contributed by atoms with Crippen molar-refractivity contribution < 1.29 is 9.59 Å². The lowest BCUT2D eigenvalue weighted by Crippen LogP contribution is -2.31. The van der Waals surface area contributed by atoms with E-state index in [0.29, 0.717) is 21.2 Å². The predicted octanol–water partition coefficient (Wildman–Crippen LogP) is 5.82. The van der Waals surface area contributed by atoms with E-state index in [4.69, 9.17) is 11.6 Å². The Hall–Kier alpha value is -2.37. The second-order valence-corrected chi connectivity index (χ2v) is 8.41. The molecule has 0 radical (unpaired) electrons. The normalized spacial score (nSPS) is 14.7. The Bertz CT molecular complexity index is 1020. The van der Waals surface area contributed by atoms with Crippen molar-refractivity contribution >= 4 is 50.5 Å². The summed E-state index contributed by atoms with van der Waals surface area (Å²) >= 11 is 7.77. The number of likely N-dealkylation sites (tertiary alicyclic amines) is 1. The number of rotatable bonds is 3. The fourth-order valence-corrected chi connectivity index (χ4v) is 4.95. The first-order valence-corrected chi connectivity index (χ1v) is 10.7. The molecule has 28 heavy (non-hydrogen) atoms. The van der Waals surface area contributed by atoms with Crippen molar-refractivity contribution in [3.05, 3.63) is 64.0 Å². The average molecular weight is 413 g/mol. The van der Waals surface area contributed by atoms with Gasteiger partial charge in [0.25, 0.3) is 11.8 Å². The third-order valence-electron chi connectivity index (χ3n) is 5.00. The number of fused-ring (bicyclic) bond motifs is 1. The van der Waals surface area contributed by atoms with Crippen LogP contribution in [0.5, 0.6) is 0 Å². The zero-order valence-electron chi connectivity index (χ0n) is 15.4. The molecule has 2 amide bonds. The maximum atomic E-state index is 12.8. The van der Waals surface area contributed by atoms with E-state index in [2.05, 4.69) is 5.32 Å². The fraction of sp³-hybridized carbons (Fsp3) is 0.273. The summed E-state index contributed by atoms with van der Waals surface area (Å²) in [7, 11) is 0. The van der Waals surface area contributed by atoms with Gasteiger partial charge in [-0.25, -0.2) is 0 Å². The number of thiophene rings is 1. The molecule has 0 atom stereocenters. The van der Waals surface area contributed by atoms with Crippen LogP contribution in [-0.4, -0.2) is 29.8 Å². The molecule has 0 unspecified atom stereocenters. The number of nitrogens with one attached hydrogen (secondary N) is 1. The first-order valence-electron chi connectivity index (χ1n) is 9.51. The summed E-state index contributed by atoms with van der Waals surface area (Å²) in [4.78, 5) is 28.0. The number of anilines is 1. The molecule has 0 aliphatic carbocycles. The number of nitrogens with zero attached hydrogens (tertiary/aromatic N) is 1. The van der Waals surface area contributed by atoms with E-state index < -0.39 is 0 Å². The second-order valence-electron chi connectivity index (χ2n) is 6.98. The van der Waals surface area contributed by atoms with E-state index in [-0.39, 0.29) is 11.8 Å². The zero-order chi connectivity index (χ0) is 19.5. The van der Waals surface area contributed by atoms with E-state index >= 15 is 0 Å². The maximum absolute atomic E-state index is 12.8. The standard InChI is InChI=1S/C22H21ClN2O2S/c23-19-17-10-3-4-11-18(17)28-20(19)21(26)24-16-9-7-8-15(14-16)22(27)25-12-5-1-2-6-13-25/h3-4,7-11,14H,1-2,5-6,12-13H2,(H,24,26). The van der Waals surface area contributed by atoms with Crippen LogP contribution in [0.1, 0.15) is 45.7 Å². The Kier molecular flexibility index (Phi) is 5.64. The van der Waals surface area contributed by atoms with E-state index in [1.807, 2.05) is 29.2 Å². The summed E-state index contributed by atoms with van der Waals surface area (Å²) in [6, 6.07) is 14.8. The topological polar surface area (TPSA) is 49.4 Å². The number of carbonyl (C=O) groups excluding carboxylic acids is 2. The highest BCUT2D eigenvalue weighted by Gasteiger charge is 2.19. The molecule has 2 aromatic carbocycles. The van der Waals surface area contributed by atoms with Crippen LogP contribution in [0.25, 0.3) is 10.1 Å². The summed E-state index contributed by atoms with van der Waals surface area (Å²) in [5, 5.41) is 4.23. The molecule has 2 heterocycles. The molecule has 0 saturated carbocycles. The molecule has 1 aliphatic heterocycles. The molecular weight excluding hydrogens is 392 g/mol. The van der Waals surface area contributed by atoms with Crippen molar-refractivity contribution in [3.8, 4) is 0 Å². The molecule has 1 aromatic heterocycles. The van der Waals surface area contributed by atoms with Gasteiger partial charge in [-0.2, -0.15) is 0 Å². The molecular formula is C22H21ClN2O2S. The van der Waals surface area contributed by atoms with Gasteiger partial charge in [0.05, 0.1) is 5.02 Å². The summed E-state index contributed by atoms with van der Waals surface area (Å²) in [5.41, 5.74) is 1.20. The number of benzene rings is 2. The van der Waals surface area contributed by atoms with Crippen LogP contribution in [0.2, 0.25) is 5.02 Å². The fourth-order valence-electron chi connectivity index (χ4n) is 3.53. The minimum Gasteiger partial charge on any atom is -0.339 e. The van der Waals surface area contributed by atoms with Gasteiger partial charge in [0.15, 0.2) is 0 Å². The van der Waals surface area contributed by atoms with Crippen LogP contribution in [0.3, 0.4) is 0 Å². The van der Waals surface area contributed by atoms with Crippen LogP contribution in [0.15, 0.2) is 48.5 Å². The molecule has 0 spiro atoms. The molecule has 1 fully saturated rings. The Morgan fingerprint density at radius 1 is 0.964 bits per heavy atom. The Balaban J connectivity index is 1.53. The molecule has 4 rings (SSSR count). The summed E-state index contributed by atoms with van der Waals surface area (Å²) < 4.78 is 0.975. The molecule has 6 heteroatoms. The van der Waals surface area contributed by atoms with Gasteiger partial charge < -0.3 is 10.2 Å².